The number of rotatable bonds is 0. The van der Waals surface area contributed by atoms with Gasteiger partial charge in [0.05, 0.1) is 0 Å². The molecule has 2 atom stereocenters. The molecule has 0 aromatic rings. The molecule has 0 amide bonds. The van der Waals surface area contributed by atoms with Crippen LogP contribution in [0, 0.1) is 23.2 Å². The van der Waals surface area contributed by atoms with Gasteiger partial charge in [-0.05, 0) is 61.7 Å². The predicted molar refractivity (Wildman–Crippen MR) is 50.9 cm³/mol. The van der Waals surface area contributed by atoms with Crippen molar-refractivity contribution < 1.29 is 0 Å². The van der Waals surface area contributed by atoms with Gasteiger partial charge in [-0.15, -0.1) is 0 Å². The summed E-state index contributed by atoms with van der Waals surface area (Å²) in [6, 6.07) is 0. The van der Waals surface area contributed by atoms with Crippen LogP contribution in [0.5, 0.6) is 0 Å². The SMILES string of the molecule is CC12CCC3CC1CCCC2C3. The minimum atomic E-state index is 0.799. The van der Waals surface area contributed by atoms with E-state index in [0.29, 0.717) is 0 Å². The van der Waals surface area contributed by atoms with Crippen LogP contribution >= 0.6 is 0 Å². The van der Waals surface area contributed by atoms with Crippen molar-refractivity contribution in [1.82, 2.24) is 0 Å². The van der Waals surface area contributed by atoms with Crippen LogP contribution < -0.4 is 0 Å². The van der Waals surface area contributed by atoms with Crippen LogP contribution in [0.3, 0.4) is 0 Å². The lowest BCUT2D eigenvalue weighted by Crippen LogP contribution is -2.48. The van der Waals surface area contributed by atoms with Crippen LogP contribution in [0.2, 0.25) is 0 Å². The van der Waals surface area contributed by atoms with Crippen molar-refractivity contribution in [3.05, 3.63) is 0 Å². The Morgan fingerprint density at radius 3 is 2.25 bits per heavy atom. The number of hydrogen-bond acceptors (Lipinski definition) is 0. The van der Waals surface area contributed by atoms with Crippen LogP contribution in [-0.2, 0) is 0 Å². The zero-order valence-corrected chi connectivity index (χ0v) is 8.18. The highest BCUT2D eigenvalue weighted by Crippen LogP contribution is 2.61. The first-order chi connectivity index (χ1) is 5.79. The van der Waals surface area contributed by atoms with Crippen LogP contribution in [0.15, 0.2) is 0 Å². The summed E-state index contributed by atoms with van der Waals surface area (Å²) in [5, 5.41) is 0. The lowest BCUT2D eigenvalue weighted by molar-refractivity contribution is -0.0808. The smallest absolute Gasteiger partial charge is 0.0269 e. The van der Waals surface area contributed by atoms with Crippen molar-refractivity contribution in [1.29, 1.82) is 0 Å². The third kappa shape index (κ3) is 0.791. The maximum absolute atomic E-state index is 2.59. The molecule has 4 aliphatic rings. The predicted octanol–water partition coefficient (Wildman–Crippen LogP) is 3.61. The van der Waals surface area contributed by atoms with Crippen LogP contribution in [0.25, 0.3) is 0 Å². The summed E-state index contributed by atoms with van der Waals surface area (Å²) in [5.41, 5.74) is 0.799. The van der Waals surface area contributed by atoms with Gasteiger partial charge in [0.2, 0.25) is 0 Å². The topological polar surface area (TPSA) is 0 Å². The lowest BCUT2D eigenvalue weighted by atomic mass is 9.47. The fraction of sp³-hybridized carbons (Fsp3) is 1.00. The largest absolute Gasteiger partial charge is 0.0591 e. The molecule has 0 aromatic heterocycles. The van der Waals surface area contributed by atoms with Crippen molar-refractivity contribution in [3.8, 4) is 0 Å². The number of hydrogen-bond donors (Lipinski definition) is 0. The molecule has 0 aromatic carbocycles. The fourth-order valence-electron chi connectivity index (χ4n) is 4.44. The van der Waals surface area contributed by atoms with Crippen LogP contribution in [0.4, 0.5) is 0 Å². The normalized spacial score (nSPS) is 57.2. The summed E-state index contributed by atoms with van der Waals surface area (Å²) in [6.45, 7) is 2.59. The maximum atomic E-state index is 2.59. The van der Waals surface area contributed by atoms with E-state index >= 15 is 0 Å². The molecular weight excluding hydrogens is 144 g/mol. The summed E-state index contributed by atoms with van der Waals surface area (Å²) >= 11 is 0. The second-order valence-electron chi connectivity index (χ2n) is 5.71. The van der Waals surface area contributed by atoms with E-state index < -0.39 is 0 Å². The Hall–Kier alpha value is 0. The van der Waals surface area contributed by atoms with E-state index in [0.717, 1.165) is 23.2 Å². The molecule has 4 fully saturated rings. The first-order valence-corrected chi connectivity index (χ1v) is 5.79. The van der Waals surface area contributed by atoms with E-state index in [9.17, 15) is 0 Å². The molecule has 0 heteroatoms. The highest BCUT2D eigenvalue weighted by Gasteiger charge is 2.51. The van der Waals surface area contributed by atoms with Gasteiger partial charge in [-0.25, -0.2) is 0 Å². The molecule has 0 nitrogen and oxygen atoms in total. The van der Waals surface area contributed by atoms with Gasteiger partial charge < -0.3 is 0 Å². The Balaban J connectivity index is 1.96. The Kier molecular flexibility index (Phi) is 1.40. The summed E-state index contributed by atoms with van der Waals surface area (Å²) in [4.78, 5) is 0. The van der Waals surface area contributed by atoms with Gasteiger partial charge >= 0.3 is 0 Å². The lowest BCUT2D eigenvalue weighted by Gasteiger charge is -2.58. The zero-order chi connectivity index (χ0) is 8.18. The first-order valence-electron chi connectivity index (χ1n) is 5.79. The zero-order valence-electron chi connectivity index (χ0n) is 8.18. The third-order valence-corrected chi connectivity index (χ3v) is 5.30. The minimum Gasteiger partial charge on any atom is -0.0591 e. The second-order valence-corrected chi connectivity index (χ2v) is 5.71. The summed E-state index contributed by atoms with van der Waals surface area (Å²) in [5.74, 6) is 3.40. The summed E-state index contributed by atoms with van der Waals surface area (Å²) in [7, 11) is 0. The maximum Gasteiger partial charge on any atom is -0.0269 e. The van der Waals surface area contributed by atoms with E-state index in [2.05, 4.69) is 6.92 Å². The second kappa shape index (κ2) is 2.27. The van der Waals surface area contributed by atoms with Gasteiger partial charge in [-0.2, -0.15) is 0 Å². The standard InChI is InChI=1S/C12H20/c1-12-6-5-9-7-10(12)3-2-4-11(12)8-9/h9-11H,2-8H2,1H3. The molecular formula is C12H20. The van der Waals surface area contributed by atoms with Gasteiger partial charge in [0.1, 0.15) is 0 Å². The van der Waals surface area contributed by atoms with Crippen LogP contribution in [0.1, 0.15) is 51.9 Å². The van der Waals surface area contributed by atoms with Gasteiger partial charge in [-0.3, -0.25) is 0 Å². The van der Waals surface area contributed by atoms with Crippen LogP contribution in [-0.4, -0.2) is 0 Å². The molecule has 0 spiro atoms. The molecule has 0 N–H and O–H groups in total. The Labute approximate surface area is 75.7 Å². The van der Waals surface area contributed by atoms with Crippen molar-refractivity contribution in [2.75, 3.05) is 0 Å². The first kappa shape index (κ1) is 7.41. The molecule has 4 bridgehead atoms. The van der Waals surface area contributed by atoms with E-state index in [-0.39, 0.29) is 0 Å². The molecule has 4 saturated carbocycles. The molecule has 0 heterocycles. The molecule has 12 heavy (non-hydrogen) atoms. The van der Waals surface area contributed by atoms with Gasteiger partial charge in [0.15, 0.2) is 0 Å². The Morgan fingerprint density at radius 1 is 1.00 bits per heavy atom. The quantitative estimate of drug-likeness (QED) is 0.513. The Bertz CT molecular complexity index is 180. The molecule has 0 saturated heterocycles. The van der Waals surface area contributed by atoms with E-state index in [1.54, 1.807) is 38.5 Å². The fourth-order valence-corrected chi connectivity index (χ4v) is 4.44. The molecule has 2 unspecified atom stereocenters. The molecule has 4 rings (SSSR count). The third-order valence-electron chi connectivity index (χ3n) is 5.30. The van der Waals surface area contributed by atoms with E-state index in [4.69, 9.17) is 0 Å². The molecule has 4 aliphatic carbocycles. The van der Waals surface area contributed by atoms with Gasteiger partial charge in [0, 0.05) is 0 Å². The van der Waals surface area contributed by atoms with Gasteiger partial charge in [0.25, 0.3) is 0 Å². The highest BCUT2D eigenvalue weighted by molar-refractivity contribution is 5.01. The van der Waals surface area contributed by atoms with E-state index in [1.165, 1.54) is 6.42 Å². The van der Waals surface area contributed by atoms with Crippen molar-refractivity contribution in [2.45, 2.75) is 51.9 Å². The van der Waals surface area contributed by atoms with Crippen molar-refractivity contribution >= 4 is 0 Å². The molecule has 0 radical (unpaired) electrons. The highest BCUT2D eigenvalue weighted by atomic mass is 14.6. The minimum absolute atomic E-state index is 0.799. The number of fused-ring (bicyclic) bond motifs is 1. The Morgan fingerprint density at radius 2 is 1.67 bits per heavy atom. The van der Waals surface area contributed by atoms with Crippen molar-refractivity contribution in [3.63, 3.8) is 0 Å². The molecule has 0 aliphatic heterocycles. The summed E-state index contributed by atoms with van der Waals surface area (Å²) < 4.78 is 0. The van der Waals surface area contributed by atoms with Gasteiger partial charge in [-0.1, -0.05) is 13.3 Å². The van der Waals surface area contributed by atoms with Crippen molar-refractivity contribution in [2.24, 2.45) is 23.2 Å². The molecule has 68 valence electrons. The monoisotopic (exact) mass is 164 g/mol. The average molecular weight is 164 g/mol. The van der Waals surface area contributed by atoms with E-state index in [1.807, 2.05) is 0 Å². The summed E-state index contributed by atoms with van der Waals surface area (Å²) in [6.07, 6.45) is 11.0. The average Bonchev–Trinajstić information content (AvgIpc) is 2.02.